The molecule has 0 radical (unpaired) electrons. The number of fused-ring (bicyclic) bond motifs is 1. The Kier molecular flexibility index (Phi) is 3.37. The summed E-state index contributed by atoms with van der Waals surface area (Å²) in [6.07, 6.45) is 1.90. The van der Waals surface area contributed by atoms with Crippen molar-refractivity contribution >= 4 is 0 Å². The van der Waals surface area contributed by atoms with Gasteiger partial charge in [-0.2, -0.15) is 0 Å². The predicted octanol–water partition coefficient (Wildman–Crippen LogP) is 0.945. The summed E-state index contributed by atoms with van der Waals surface area (Å²) >= 11 is 0. The van der Waals surface area contributed by atoms with Gasteiger partial charge in [-0.25, -0.2) is 0 Å². The Balaban J connectivity index is 1.60. The normalized spacial score (nSPS) is 32.4. The van der Waals surface area contributed by atoms with Gasteiger partial charge in [0.15, 0.2) is 0 Å². The first-order chi connectivity index (χ1) is 8.70. The molecule has 3 heteroatoms. The molecule has 0 unspecified atom stereocenters. The van der Waals surface area contributed by atoms with E-state index in [4.69, 9.17) is 0 Å². The zero-order chi connectivity index (χ0) is 12.5. The summed E-state index contributed by atoms with van der Waals surface area (Å²) in [4.78, 5) is 2.44. The Labute approximate surface area is 109 Å². The third-order valence-corrected chi connectivity index (χ3v) is 4.21. The van der Waals surface area contributed by atoms with E-state index in [1.165, 1.54) is 11.1 Å². The minimum atomic E-state index is -0.116. The summed E-state index contributed by atoms with van der Waals surface area (Å²) in [5, 5.41) is 13.3. The zero-order valence-electron chi connectivity index (χ0n) is 11.0. The van der Waals surface area contributed by atoms with Crippen LogP contribution in [0.15, 0.2) is 24.3 Å². The van der Waals surface area contributed by atoms with Crippen LogP contribution in [0.1, 0.15) is 17.5 Å². The molecule has 0 bridgehead atoms. The first-order valence-electron chi connectivity index (χ1n) is 6.92. The first-order valence-corrected chi connectivity index (χ1v) is 6.92. The first kappa shape index (κ1) is 12.2. The molecule has 3 rings (SSSR count). The van der Waals surface area contributed by atoms with E-state index in [0.29, 0.717) is 12.1 Å². The molecule has 2 saturated heterocycles. The smallest absolute Gasteiger partial charge is 0.0682 e. The Morgan fingerprint density at radius 2 is 2.06 bits per heavy atom. The molecule has 0 saturated carbocycles. The molecule has 2 N–H and O–H groups in total. The molecule has 1 aromatic carbocycles. The van der Waals surface area contributed by atoms with Crippen LogP contribution in [0.5, 0.6) is 0 Å². The van der Waals surface area contributed by atoms with E-state index >= 15 is 0 Å². The van der Waals surface area contributed by atoms with Crippen LogP contribution in [0.3, 0.4) is 0 Å². The van der Waals surface area contributed by atoms with Gasteiger partial charge in [-0.05, 0) is 25.3 Å². The van der Waals surface area contributed by atoms with Crippen LogP contribution in [0.2, 0.25) is 0 Å². The predicted molar refractivity (Wildman–Crippen MR) is 72.7 cm³/mol. The molecule has 3 nitrogen and oxygen atoms in total. The van der Waals surface area contributed by atoms with Crippen LogP contribution in [0.4, 0.5) is 0 Å². The second-order valence-electron chi connectivity index (χ2n) is 5.79. The largest absolute Gasteiger partial charge is 0.392 e. The van der Waals surface area contributed by atoms with Crippen molar-refractivity contribution in [3.8, 4) is 0 Å². The average Bonchev–Trinajstić information content (AvgIpc) is 2.71. The van der Waals surface area contributed by atoms with Gasteiger partial charge in [0.2, 0.25) is 0 Å². The van der Waals surface area contributed by atoms with E-state index in [-0.39, 0.29) is 6.10 Å². The fraction of sp³-hybridized carbons (Fsp3) is 0.600. The van der Waals surface area contributed by atoms with Crippen molar-refractivity contribution in [1.29, 1.82) is 0 Å². The van der Waals surface area contributed by atoms with Crippen LogP contribution < -0.4 is 5.32 Å². The minimum Gasteiger partial charge on any atom is -0.392 e. The number of aliphatic hydroxyl groups is 1. The molecule has 0 aliphatic carbocycles. The highest BCUT2D eigenvalue weighted by Gasteiger charge is 2.35. The lowest BCUT2D eigenvalue weighted by atomic mass is 10.0. The third-order valence-electron chi connectivity index (χ3n) is 4.21. The summed E-state index contributed by atoms with van der Waals surface area (Å²) in [5.41, 5.74) is 2.72. The van der Waals surface area contributed by atoms with Crippen LogP contribution in [0, 0.1) is 6.92 Å². The summed E-state index contributed by atoms with van der Waals surface area (Å²) < 4.78 is 0. The van der Waals surface area contributed by atoms with Crippen LogP contribution in [-0.2, 0) is 6.42 Å². The summed E-state index contributed by atoms with van der Waals surface area (Å²) in [6, 6.07) is 9.88. The highest BCUT2D eigenvalue weighted by atomic mass is 16.3. The topological polar surface area (TPSA) is 35.5 Å². The lowest BCUT2D eigenvalue weighted by Crippen LogP contribution is -2.54. The zero-order valence-corrected chi connectivity index (χ0v) is 11.0. The number of benzene rings is 1. The van der Waals surface area contributed by atoms with Crippen molar-refractivity contribution < 1.29 is 5.11 Å². The quantitative estimate of drug-likeness (QED) is 0.815. The number of nitrogens with one attached hydrogen (secondary N) is 1. The van der Waals surface area contributed by atoms with Gasteiger partial charge in [-0.15, -0.1) is 0 Å². The SMILES string of the molecule is Cc1ccc(C[C@H]2CN3C[C@H](O)C[C@H]3CN2)cc1. The molecule has 3 atom stereocenters. The van der Waals surface area contributed by atoms with E-state index in [1.54, 1.807) is 0 Å². The molecule has 0 aromatic heterocycles. The van der Waals surface area contributed by atoms with E-state index < -0.39 is 0 Å². The van der Waals surface area contributed by atoms with Gasteiger partial charge in [0, 0.05) is 31.7 Å². The minimum absolute atomic E-state index is 0.116. The van der Waals surface area contributed by atoms with Crippen molar-refractivity contribution in [3.05, 3.63) is 35.4 Å². The second-order valence-corrected chi connectivity index (χ2v) is 5.79. The van der Waals surface area contributed by atoms with Gasteiger partial charge in [0.05, 0.1) is 6.10 Å². The van der Waals surface area contributed by atoms with Gasteiger partial charge in [0.25, 0.3) is 0 Å². The van der Waals surface area contributed by atoms with Gasteiger partial charge in [0.1, 0.15) is 0 Å². The molecule has 0 spiro atoms. The monoisotopic (exact) mass is 246 g/mol. The third kappa shape index (κ3) is 2.58. The number of aryl methyl sites for hydroxylation is 1. The number of piperazine rings is 1. The molecular weight excluding hydrogens is 224 g/mol. The molecule has 2 aliphatic rings. The summed E-state index contributed by atoms with van der Waals surface area (Å²) in [5.74, 6) is 0. The highest BCUT2D eigenvalue weighted by molar-refractivity contribution is 5.22. The van der Waals surface area contributed by atoms with Crippen molar-refractivity contribution in [2.24, 2.45) is 0 Å². The lowest BCUT2D eigenvalue weighted by Gasteiger charge is -2.35. The average molecular weight is 246 g/mol. The maximum atomic E-state index is 9.70. The lowest BCUT2D eigenvalue weighted by molar-refractivity contribution is 0.153. The summed E-state index contributed by atoms with van der Waals surface area (Å²) in [7, 11) is 0. The van der Waals surface area contributed by atoms with Gasteiger partial charge in [-0.3, -0.25) is 4.90 Å². The van der Waals surface area contributed by atoms with Gasteiger partial charge >= 0.3 is 0 Å². The molecule has 2 heterocycles. The molecule has 0 amide bonds. The highest BCUT2D eigenvalue weighted by Crippen LogP contribution is 2.21. The summed E-state index contributed by atoms with van der Waals surface area (Å²) in [6.45, 7) is 5.07. The second kappa shape index (κ2) is 5.00. The Morgan fingerprint density at radius 3 is 2.83 bits per heavy atom. The van der Waals surface area contributed by atoms with Crippen LogP contribution in [-0.4, -0.2) is 47.8 Å². The molecule has 18 heavy (non-hydrogen) atoms. The fourth-order valence-electron chi connectivity index (χ4n) is 3.19. The standard InChI is InChI=1S/C15H22N2O/c1-11-2-4-12(5-3-11)6-13-9-17-10-15(18)7-14(17)8-16-13/h2-5,13-16,18H,6-10H2,1H3/t13-,14-,15+/m0/s1. The molecule has 1 aromatic rings. The van der Waals surface area contributed by atoms with E-state index in [2.05, 4.69) is 41.4 Å². The molecule has 2 aliphatic heterocycles. The van der Waals surface area contributed by atoms with Gasteiger partial charge < -0.3 is 10.4 Å². The van der Waals surface area contributed by atoms with E-state index in [1.807, 2.05) is 0 Å². The molecular formula is C15H22N2O. The number of nitrogens with zero attached hydrogens (tertiary/aromatic N) is 1. The molecule has 98 valence electrons. The van der Waals surface area contributed by atoms with E-state index in [0.717, 1.165) is 32.5 Å². The number of rotatable bonds is 2. The number of hydrogen-bond acceptors (Lipinski definition) is 3. The number of hydrogen-bond donors (Lipinski definition) is 2. The van der Waals surface area contributed by atoms with Crippen molar-refractivity contribution in [2.45, 2.75) is 38.0 Å². The Bertz CT molecular complexity index is 403. The van der Waals surface area contributed by atoms with E-state index in [9.17, 15) is 5.11 Å². The number of aliphatic hydroxyl groups excluding tert-OH is 1. The Morgan fingerprint density at radius 1 is 1.28 bits per heavy atom. The Hall–Kier alpha value is -0.900. The van der Waals surface area contributed by atoms with Crippen LogP contribution in [0.25, 0.3) is 0 Å². The molecule has 2 fully saturated rings. The van der Waals surface area contributed by atoms with Crippen molar-refractivity contribution in [3.63, 3.8) is 0 Å². The van der Waals surface area contributed by atoms with Crippen LogP contribution >= 0.6 is 0 Å². The van der Waals surface area contributed by atoms with Gasteiger partial charge in [-0.1, -0.05) is 29.8 Å². The maximum Gasteiger partial charge on any atom is 0.0682 e. The van der Waals surface area contributed by atoms with Crippen molar-refractivity contribution in [1.82, 2.24) is 10.2 Å². The maximum absolute atomic E-state index is 9.70. The van der Waals surface area contributed by atoms with Crippen molar-refractivity contribution in [2.75, 3.05) is 19.6 Å². The fourth-order valence-corrected chi connectivity index (χ4v) is 3.19.